The molecule has 0 aromatic heterocycles. The van der Waals surface area contributed by atoms with Crippen LogP contribution in [-0.4, -0.2) is 42.4 Å². The zero-order valence-electron chi connectivity index (χ0n) is 15.5. The van der Waals surface area contributed by atoms with Crippen LogP contribution in [0.15, 0.2) is 11.8 Å². The zero-order valence-corrected chi connectivity index (χ0v) is 18.6. The van der Waals surface area contributed by atoms with Crippen molar-refractivity contribution in [2.24, 2.45) is 0 Å². The summed E-state index contributed by atoms with van der Waals surface area (Å²) in [6.07, 6.45) is 3.29. The minimum Gasteiger partial charge on any atom is -0.850 e. The van der Waals surface area contributed by atoms with Crippen LogP contribution in [0.5, 0.6) is 0 Å². The molecule has 0 radical (unpaired) electrons. The van der Waals surface area contributed by atoms with Crippen LogP contribution in [0.1, 0.15) is 54.4 Å². The Hall–Kier alpha value is 0.406. The van der Waals surface area contributed by atoms with E-state index in [-0.39, 0.29) is 57.5 Å². The molecule has 1 rings (SSSR count). The molecule has 1 amide bonds. The summed E-state index contributed by atoms with van der Waals surface area (Å²) in [6, 6.07) is 0. The molecule has 1 saturated heterocycles. The second-order valence-corrected chi connectivity index (χ2v) is 7.09. The van der Waals surface area contributed by atoms with Gasteiger partial charge in [0.25, 0.3) is 0 Å². The number of rotatable bonds is 1. The van der Waals surface area contributed by atoms with Crippen LogP contribution in [0.2, 0.25) is 0 Å². The van der Waals surface area contributed by atoms with Gasteiger partial charge in [0, 0.05) is 13.1 Å². The van der Waals surface area contributed by atoms with E-state index in [4.69, 9.17) is 9.47 Å². The molecule has 0 N–H and O–H groups in total. The van der Waals surface area contributed by atoms with Crippen molar-refractivity contribution in [3.63, 3.8) is 0 Å². The number of likely N-dealkylation sites (tertiary alicyclic amines) is 1. The first-order valence-corrected chi connectivity index (χ1v) is 7.31. The van der Waals surface area contributed by atoms with Gasteiger partial charge in [-0.25, -0.2) is 4.79 Å². The fraction of sp³-hybridized carbons (Fsp3) is 0.812. The molecule has 0 aromatic carbocycles. The molecule has 0 unspecified atom stereocenters. The first-order valence-electron chi connectivity index (χ1n) is 7.31. The number of hydrogen-bond acceptors (Lipinski definition) is 4. The van der Waals surface area contributed by atoms with E-state index >= 15 is 0 Å². The summed E-state index contributed by atoms with van der Waals surface area (Å²) in [4.78, 5) is 13.5. The minimum atomic E-state index is -0.750. The third-order valence-corrected chi connectivity index (χ3v) is 2.34. The van der Waals surface area contributed by atoms with Crippen LogP contribution in [-0.2, 0) is 9.47 Å². The maximum Gasteiger partial charge on any atom is 1.00 e. The van der Waals surface area contributed by atoms with Gasteiger partial charge in [0.1, 0.15) is 5.60 Å². The summed E-state index contributed by atoms with van der Waals surface area (Å²) < 4.78 is 10.3. The molecule has 22 heavy (non-hydrogen) atoms. The molecule has 1 aliphatic heterocycles. The number of hydrogen-bond donors (Lipinski definition) is 0. The van der Waals surface area contributed by atoms with Gasteiger partial charge in [0.2, 0.25) is 0 Å². The number of nitrogens with zero attached hydrogens (tertiary/aromatic N) is 1. The molecule has 0 atom stereocenters. The van der Waals surface area contributed by atoms with Crippen molar-refractivity contribution in [1.82, 2.24) is 4.90 Å². The number of carbonyl (C=O) groups is 1. The van der Waals surface area contributed by atoms with Gasteiger partial charge in [-0.1, -0.05) is 20.8 Å². The van der Waals surface area contributed by atoms with Gasteiger partial charge < -0.3 is 19.5 Å². The van der Waals surface area contributed by atoms with Crippen molar-refractivity contribution in [3.8, 4) is 0 Å². The average Bonchev–Trinajstić information content (AvgIpc) is 2.25. The van der Waals surface area contributed by atoms with Crippen molar-refractivity contribution >= 4 is 6.09 Å². The van der Waals surface area contributed by atoms with Gasteiger partial charge in [-0.15, -0.1) is 5.60 Å². The first-order chi connectivity index (χ1) is 9.42. The van der Waals surface area contributed by atoms with Crippen LogP contribution >= 0.6 is 0 Å². The van der Waals surface area contributed by atoms with E-state index in [1.54, 1.807) is 39.0 Å². The predicted molar refractivity (Wildman–Crippen MR) is 81.9 cm³/mol. The van der Waals surface area contributed by atoms with Crippen LogP contribution in [0.4, 0.5) is 4.79 Å². The van der Waals surface area contributed by atoms with E-state index < -0.39 is 11.2 Å². The van der Waals surface area contributed by atoms with Crippen molar-refractivity contribution in [3.05, 3.63) is 11.8 Å². The number of amides is 1. The minimum absolute atomic E-state index is 0. The summed E-state index contributed by atoms with van der Waals surface area (Å²) in [5.74, 6) is 0. The second kappa shape index (κ2) is 11.0. The Kier molecular flexibility index (Phi) is 12.4. The molecule has 1 aliphatic rings. The molecular formula is C16H30KNO4. The van der Waals surface area contributed by atoms with Crippen molar-refractivity contribution < 1.29 is 70.8 Å². The molecule has 0 spiro atoms. The van der Waals surface area contributed by atoms with Gasteiger partial charge in [-0.05, 0) is 39.2 Å². The molecule has 6 heteroatoms. The van der Waals surface area contributed by atoms with Crippen molar-refractivity contribution in [2.75, 3.05) is 20.2 Å². The van der Waals surface area contributed by atoms with E-state index in [1.165, 1.54) is 5.57 Å². The van der Waals surface area contributed by atoms with Crippen LogP contribution in [0.3, 0.4) is 0 Å². The Morgan fingerprint density at radius 3 is 1.86 bits per heavy atom. The Bertz CT molecular complexity index is 340. The normalized spacial score (nSPS) is 15.1. The van der Waals surface area contributed by atoms with Crippen LogP contribution in [0, 0.1) is 0 Å². The fourth-order valence-corrected chi connectivity index (χ4v) is 1.59. The summed E-state index contributed by atoms with van der Waals surface area (Å²) in [7, 11) is 1.65. The van der Waals surface area contributed by atoms with E-state index in [0.717, 1.165) is 12.8 Å². The Morgan fingerprint density at radius 2 is 1.55 bits per heavy atom. The topological polar surface area (TPSA) is 61.8 Å². The summed E-state index contributed by atoms with van der Waals surface area (Å²) in [5.41, 5.74) is 0.0852. The standard InChI is InChI=1S/C12H21NO3.C4H9O.K/c1-12(2,3)16-11(14)13-7-5-10(6-8-13)9-15-4;1-4(2,3)5;/h9H,5-8H2,1-4H3;1-3H3;/q;-1;+1. The molecule has 0 aromatic rings. The third kappa shape index (κ3) is 15.3. The molecule has 5 nitrogen and oxygen atoms in total. The SMILES string of the molecule is CC(C)(C)[O-].COC=C1CCN(C(=O)OC(C)(C)C)CC1.[K+]. The molecule has 0 saturated carbocycles. The van der Waals surface area contributed by atoms with E-state index in [2.05, 4.69) is 0 Å². The van der Waals surface area contributed by atoms with Crippen LogP contribution < -0.4 is 56.5 Å². The smallest absolute Gasteiger partial charge is 0.850 e. The predicted octanol–water partition coefficient (Wildman–Crippen LogP) is -0.303. The van der Waals surface area contributed by atoms with Gasteiger partial charge in [-0.3, -0.25) is 0 Å². The number of carbonyl (C=O) groups excluding carboxylic acids is 1. The largest absolute Gasteiger partial charge is 1.00 e. The Balaban J connectivity index is 0. The molecule has 1 heterocycles. The average molecular weight is 340 g/mol. The maximum absolute atomic E-state index is 11.7. The zero-order chi connectivity index (χ0) is 16.7. The molecule has 124 valence electrons. The fourth-order valence-electron chi connectivity index (χ4n) is 1.59. The molecule has 0 aliphatic carbocycles. The molecule has 0 bridgehead atoms. The van der Waals surface area contributed by atoms with Gasteiger partial charge in [0.15, 0.2) is 0 Å². The van der Waals surface area contributed by atoms with Gasteiger partial charge in [-0.2, -0.15) is 0 Å². The van der Waals surface area contributed by atoms with E-state index in [9.17, 15) is 9.90 Å². The van der Waals surface area contributed by atoms with E-state index in [1.807, 2.05) is 20.8 Å². The van der Waals surface area contributed by atoms with E-state index in [0.29, 0.717) is 13.1 Å². The molecule has 1 fully saturated rings. The molecular weight excluding hydrogens is 309 g/mol. The number of methoxy groups -OCH3 is 1. The summed E-state index contributed by atoms with van der Waals surface area (Å²) >= 11 is 0. The van der Waals surface area contributed by atoms with Crippen LogP contribution in [0.25, 0.3) is 0 Å². The Morgan fingerprint density at radius 1 is 1.14 bits per heavy atom. The quantitative estimate of drug-likeness (QED) is 0.486. The van der Waals surface area contributed by atoms with Crippen molar-refractivity contribution in [2.45, 2.75) is 65.6 Å². The first kappa shape index (κ1) is 24.7. The Labute approximate surface area is 177 Å². The van der Waals surface area contributed by atoms with Gasteiger partial charge in [0.05, 0.1) is 13.4 Å². The van der Waals surface area contributed by atoms with Gasteiger partial charge >= 0.3 is 57.5 Å². The second-order valence-electron chi connectivity index (χ2n) is 7.09. The monoisotopic (exact) mass is 339 g/mol. The summed E-state index contributed by atoms with van der Waals surface area (Å²) in [6.45, 7) is 12.0. The number of ether oxygens (including phenoxy) is 2. The summed E-state index contributed by atoms with van der Waals surface area (Å²) in [5, 5.41) is 10.1. The number of piperidine rings is 1. The van der Waals surface area contributed by atoms with Crippen molar-refractivity contribution in [1.29, 1.82) is 0 Å². The third-order valence-electron chi connectivity index (χ3n) is 2.34. The maximum atomic E-state index is 11.7.